The molecule has 1 fully saturated rings. The van der Waals surface area contributed by atoms with Gasteiger partial charge >= 0.3 is 0 Å². The van der Waals surface area contributed by atoms with Crippen LogP contribution in [0.1, 0.15) is 30.9 Å². The van der Waals surface area contributed by atoms with Crippen LogP contribution >= 0.6 is 27.3 Å². The summed E-state index contributed by atoms with van der Waals surface area (Å²) in [4.78, 5) is 12.8. The van der Waals surface area contributed by atoms with Gasteiger partial charge in [-0.3, -0.25) is 4.79 Å². The minimum Gasteiger partial charge on any atom is -0.352 e. The van der Waals surface area contributed by atoms with Gasteiger partial charge in [-0.1, -0.05) is 31.2 Å². The normalized spacial score (nSPS) is 17.6. The summed E-state index contributed by atoms with van der Waals surface area (Å²) in [7, 11) is -3.49. The van der Waals surface area contributed by atoms with Crippen LogP contribution in [0.25, 0.3) is 0 Å². The summed E-state index contributed by atoms with van der Waals surface area (Å²) in [5.74, 6) is -0.0123. The number of piperidine rings is 1. The van der Waals surface area contributed by atoms with Crippen LogP contribution in [0.5, 0.6) is 0 Å². The monoisotopic (exact) mass is 470 g/mol. The molecule has 1 aromatic heterocycles. The molecule has 1 N–H and O–H groups in total. The number of benzene rings is 1. The van der Waals surface area contributed by atoms with Gasteiger partial charge in [0.2, 0.25) is 5.91 Å². The lowest BCUT2D eigenvalue weighted by Crippen LogP contribution is -2.48. The Morgan fingerprint density at radius 1 is 1.22 bits per heavy atom. The molecule has 0 saturated carbocycles. The number of carbonyl (C=O) groups excluding carboxylic acids is 1. The van der Waals surface area contributed by atoms with Crippen LogP contribution in [0.3, 0.4) is 0 Å². The van der Waals surface area contributed by atoms with Crippen LogP contribution in [-0.4, -0.2) is 31.7 Å². The summed E-state index contributed by atoms with van der Waals surface area (Å²) in [5.41, 5.74) is 1.69. The zero-order chi connectivity index (χ0) is 19.7. The van der Waals surface area contributed by atoms with E-state index in [4.69, 9.17) is 0 Å². The molecule has 5 nitrogen and oxygen atoms in total. The van der Waals surface area contributed by atoms with E-state index in [1.807, 2.05) is 38.1 Å². The summed E-state index contributed by atoms with van der Waals surface area (Å²) in [5, 5.41) is 3.03. The standard InChI is InChI=1S/C19H23BrN2O3S2/c1-14-5-3-4-6-15(14)13-21-18(23)19(2)9-11-22(12-10-19)27(24,25)17-8-7-16(20)26-17/h3-8H,9-13H2,1-2H3,(H,21,23). The van der Waals surface area contributed by atoms with Gasteiger partial charge in [-0.2, -0.15) is 4.31 Å². The van der Waals surface area contributed by atoms with Crippen molar-refractivity contribution in [1.82, 2.24) is 9.62 Å². The van der Waals surface area contributed by atoms with Gasteiger partial charge in [-0.05, 0) is 59.0 Å². The molecule has 0 atom stereocenters. The van der Waals surface area contributed by atoms with Crippen molar-refractivity contribution in [3.05, 3.63) is 51.3 Å². The second kappa shape index (κ2) is 8.03. The molecule has 1 amide bonds. The lowest BCUT2D eigenvalue weighted by Gasteiger charge is -2.37. The largest absolute Gasteiger partial charge is 0.352 e. The van der Waals surface area contributed by atoms with Crippen molar-refractivity contribution >= 4 is 43.2 Å². The van der Waals surface area contributed by atoms with E-state index >= 15 is 0 Å². The Labute approximate surface area is 173 Å². The Hall–Kier alpha value is -1.22. The highest BCUT2D eigenvalue weighted by Crippen LogP contribution is 2.35. The lowest BCUT2D eigenvalue weighted by molar-refractivity contribution is -0.132. The Morgan fingerprint density at radius 2 is 1.89 bits per heavy atom. The number of amides is 1. The zero-order valence-corrected chi connectivity index (χ0v) is 18.6. The van der Waals surface area contributed by atoms with Crippen molar-refractivity contribution < 1.29 is 13.2 Å². The number of carbonyl (C=O) groups is 1. The zero-order valence-electron chi connectivity index (χ0n) is 15.4. The molecule has 146 valence electrons. The van der Waals surface area contributed by atoms with E-state index in [1.54, 1.807) is 12.1 Å². The first-order chi connectivity index (χ1) is 12.7. The molecular weight excluding hydrogens is 448 g/mol. The smallest absolute Gasteiger partial charge is 0.252 e. The third kappa shape index (κ3) is 4.45. The summed E-state index contributed by atoms with van der Waals surface area (Å²) >= 11 is 4.52. The van der Waals surface area contributed by atoms with E-state index < -0.39 is 15.4 Å². The molecule has 0 spiro atoms. The molecule has 0 radical (unpaired) electrons. The molecule has 1 aromatic carbocycles. The molecule has 0 bridgehead atoms. The lowest BCUT2D eigenvalue weighted by atomic mass is 9.80. The summed E-state index contributed by atoms with van der Waals surface area (Å²) in [6, 6.07) is 11.3. The number of hydrogen-bond acceptors (Lipinski definition) is 4. The molecule has 1 saturated heterocycles. The average Bonchev–Trinajstić information content (AvgIpc) is 3.08. The Balaban J connectivity index is 1.61. The third-order valence-corrected chi connectivity index (χ3v) is 9.21. The highest BCUT2D eigenvalue weighted by Gasteiger charge is 2.40. The first-order valence-electron chi connectivity index (χ1n) is 8.81. The molecule has 3 rings (SSSR count). The number of halogens is 1. The van der Waals surface area contributed by atoms with E-state index in [9.17, 15) is 13.2 Å². The van der Waals surface area contributed by atoms with Crippen LogP contribution in [0.4, 0.5) is 0 Å². The SMILES string of the molecule is Cc1ccccc1CNC(=O)C1(C)CCN(S(=O)(=O)c2ccc(Br)s2)CC1. The van der Waals surface area contributed by atoms with Gasteiger partial charge in [0.05, 0.1) is 3.79 Å². The Morgan fingerprint density at radius 3 is 2.48 bits per heavy atom. The highest BCUT2D eigenvalue weighted by molar-refractivity contribution is 9.11. The van der Waals surface area contributed by atoms with Gasteiger partial charge in [0.15, 0.2) is 0 Å². The van der Waals surface area contributed by atoms with E-state index in [0.29, 0.717) is 36.7 Å². The fraction of sp³-hybridized carbons (Fsp3) is 0.421. The van der Waals surface area contributed by atoms with E-state index in [-0.39, 0.29) is 5.91 Å². The van der Waals surface area contributed by atoms with Gasteiger partial charge in [-0.15, -0.1) is 11.3 Å². The summed E-state index contributed by atoms with van der Waals surface area (Å²) in [6.07, 6.45) is 1.02. The number of thiophene rings is 1. The van der Waals surface area contributed by atoms with E-state index in [2.05, 4.69) is 21.2 Å². The maximum absolute atomic E-state index is 12.8. The molecule has 27 heavy (non-hydrogen) atoms. The van der Waals surface area contributed by atoms with Gasteiger partial charge in [0, 0.05) is 25.0 Å². The maximum atomic E-state index is 12.8. The van der Waals surface area contributed by atoms with Crippen molar-refractivity contribution in [2.24, 2.45) is 5.41 Å². The number of nitrogens with zero attached hydrogens (tertiary/aromatic N) is 1. The predicted molar refractivity (Wildman–Crippen MR) is 111 cm³/mol. The maximum Gasteiger partial charge on any atom is 0.252 e. The molecule has 2 aromatic rings. The van der Waals surface area contributed by atoms with Gasteiger partial charge in [-0.25, -0.2) is 8.42 Å². The number of nitrogens with one attached hydrogen (secondary N) is 1. The van der Waals surface area contributed by atoms with Crippen molar-refractivity contribution in [3.8, 4) is 0 Å². The second-order valence-electron chi connectivity index (χ2n) is 7.13. The Kier molecular flexibility index (Phi) is 6.10. The minimum absolute atomic E-state index is 0.0123. The molecule has 1 aliphatic heterocycles. The first kappa shape index (κ1) is 20.5. The molecule has 8 heteroatoms. The van der Waals surface area contributed by atoms with Crippen molar-refractivity contribution in [3.63, 3.8) is 0 Å². The van der Waals surface area contributed by atoms with Crippen LogP contribution in [0.2, 0.25) is 0 Å². The summed E-state index contributed by atoms with van der Waals surface area (Å²) in [6.45, 7) is 5.14. The van der Waals surface area contributed by atoms with Gasteiger partial charge < -0.3 is 5.32 Å². The average molecular weight is 471 g/mol. The van der Waals surface area contributed by atoms with Crippen molar-refractivity contribution in [1.29, 1.82) is 0 Å². The Bertz CT molecular complexity index is 932. The minimum atomic E-state index is -3.49. The van der Waals surface area contributed by atoms with Crippen molar-refractivity contribution in [2.75, 3.05) is 13.1 Å². The third-order valence-electron chi connectivity index (χ3n) is 5.22. The van der Waals surface area contributed by atoms with Crippen LogP contribution in [0, 0.1) is 12.3 Å². The fourth-order valence-corrected chi connectivity index (χ4v) is 6.81. The number of rotatable bonds is 5. The highest BCUT2D eigenvalue weighted by atomic mass is 79.9. The first-order valence-corrected chi connectivity index (χ1v) is 11.9. The number of hydrogen-bond donors (Lipinski definition) is 1. The van der Waals surface area contributed by atoms with Crippen LogP contribution in [-0.2, 0) is 21.4 Å². The van der Waals surface area contributed by atoms with Gasteiger partial charge in [0.1, 0.15) is 4.21 Å². The van der Waals surface area contributed by atoms with Crippen LogP contribution in [0.15, 0.2) is 44.4 Å². The van der Waals surface area contributed by atoms with E-state index in [1.165, 1.54) is 15.6 Å². The second-order valence-corrected chi connectivity index (χ2v) is 11.8. The van der Waals surface area contributed by atoms with Crippen LogP contribution < -0.4 is 5.32 Å². The quantitative estimate of drug-likeness (QED) is 0.719. The molecule has 2 heterocycles. The number of aryl methyl sites for hydroxylation is 1. The number of sulfonamides is 1. The molecule has 0 aliphatic carbocycles. The molecular formula is C19H23BrN2O3S2. The van der Waals surface area contributed by atoms with Crippen molar-refractivity contribution in [2.45, 2.75) is 37.4 Å². The van der Waals surface area contributed by atoms with Gasteiger partial charge in [0.25, 0.3) is 10.0 Å². The van der Waals surface area contributed by atoms with E-state index in [0.717, 1.165) is 14.9 Å². The molecule has 1 aliphatic rings. The fourth-order valence-electron chi connectivity index (χ4n) is 3.21. The molecule has 0 unspecified atom stereocenters. The summed E-state index contributed by atoms with van der Waals surface area (Å²) < 4.78 is 28.1. The predicted octanol–water partition coefficient (Wildman–Crippen LogP) is 3.93. The topological polar surface area (TPSA) is 66.5 Å².